The van der Waals surface area contributed by atoms with Gasteiger partial charge in [0.25, 0.3) is 0 Å². The fourth-order valence-electron chi connectivity index (χ4n) is 3.14. The third-order valence-corrected chi connectivity index (χ3v) is 4.99. The van der Waals surface area contributed by atoms with Gasteiger partial charge in [0.2, 0.25) is 0 Å². The number of ether oxygens (including phenoxy) is 1. The van der Waals surface area contributed by atoms with Crippen LogP contribution in [0, 0.1) is 13.8 Å². The molecule has 0 aliphatic carbocycles. The van der Waals surface area contributed by atoms with Crippen molar-refractivity contribution < 1.29 is 14.6 Å². The molecule has 2 heterocycles. The van der Waals surface area contributed by atoms with E-state index >= 15 is 0 Å². The summed E-state index contributed by atoms with van der Waals surface area (Å²) in [6.07, 6.45) is 1.73. The summed E-state index contributed by atoms with van der Waals surface area (Å²) in [5.74, 6) is -0.807. The quantitative estimate of drug-likeness (QED) is 0.714. The summed E-state index contributed by atoms with van der Waals surface area (Å²) in [7, 11) is 1.26. The second kappa shape index (κ2) is 7.25. The molecule has 0 saturated carbocycles. The molecule has 0 atom stereocenters. The first kappa shape index (κ1) is 19.3. The summed E-state index contributed by atoms with van der Waals surface area (Å²) in [5, 5.41) is 11.6. The molecular weight excluding hydrogens is 387 g/mol. The lowest BCUT2D eigenvalue weighted by molar-refractivity contribution is -0.135. The number of aliphatic hydroxyl groups is 1. The monoisotopic (exact) mass is 404 g/mol. The first-order valence-corrected chi connectivity index (χ1v) is 8.93. The van der Waals surface area contributed by atoms with Crippen molar-refractivity contribution in [1.29, 1.82) is 0 Å². The van der Waals surface area contributed by atoms with Gasteiger partial charge in [-0.3, -0.25) is 0 Å². The molecule has 27 heavy (non-hydrogen) atoms. The number of carbonyl (C=O) groups is 1. The van der Waals surface area contributed by atoms with Gasteiger partial charge in [0.15, 0.2) is 5.76 Å². The van der Waals surface area contributed by atoms with Crippen molar-refractivity contribution in [2.24, 2.45) is 4.99 Å². The molecule has 0 amide bonds. The fourth-order valence-corrected chi connectivity index (χ4v) is 3.51. The highest BCUT2D eigenvalue weighted by molar-refractivity contribution is 6.34. The first-order chi connectivity index (χ1) is 12.7. The molecule has 0 bridgehead atoms. The number of aromatic nitrogens is 1. The van der Waals surface area contributed by atoms with Gasteiger partial charge in [0.1, 0.15) is 11.3 Å². The van der Waals surface area contributed by atoms with Crippen LogP contribution >= 0.6 is 23.2 Å². The number of esters is 1. The summed E-state index contributed by atoms with van der Waals surface area (Å²) in [4.78, 5) is 16.1. The molecule has 0 fully saturated rings. The normalized spacial score (nSPS) is 15.5. The van der Waals surface area contributed by atoms with Crippen LogP contribution in [-0.2, 0) is 9.53 Å². The molecule has 2 aromatic rings. The molecule has 1 aromatic heterocycles. The number of benzene rings is 1. The Hall–Kier alpha value is -2.50. The molecule has 0 saturated heterocycles. The third-order valence-electron chi connectivity index (χ3n) is 4.43. The Morgan fingerprint density at radius 2 is 1.93 bits per heavy atom. The van der Waals surface area contributed by atoms with E-state index < -0.39 is 5.97 Å². The molecule has 1 aliphatic rings. The number of aliphatic hydroxyl groups excluding tert-OH is 1. The van der Waals surface area contributed by atoms with Gasteiger partial charge in [-0.2, -0.15) is 0 Å². The topological polar surface area (TPSA) is 63.8 Å². The number of aryl methyl sites for hydroxylation is 1. The zero-order valence-corrected chi connectivity index (χ0v) is 16.8. The maximum atomic E-state index is 11.8. The van der Waals surface area contributed by atoms with Gasteiger partial charge in [0, 0.05) is 16.4 Å². The van der Waals surface area contributed by atoms with Crippen LogP contribution in [0.15, 0.2) is 46.3 Å². The highest BCUT2D eigenvalue weighted by Gasteiger charge is 2.27. The summed E-state index contributed by atoms with van der Waals surface area (Å²) >= 11 is 12.5. The molecule has 1 aromatic carbocycles. The zero-order valence-electron chi connectivity index (χ0n) is 15.3. The molecule has 5 nitrogen and oxygen atoms in total. The molecule has 3 rings (SSSR count). The van der Waals surface area contributed by atoms with Gasteiger partial charge >= 0.3 is 5.97 Å². The second-order valence-corrected chi connectivity index (χ2v) is 7.04. The summed E-state index contributed by atoms with van der Waals surface area (Å²) in [6.45, 7) is 5.54. The number of carbonyl (C=O) groups excluding carboxylic acids is 1. The number of rotatable bonds is 3. The molecule has 0 unspecified atom stereocenters. The van der Waals surface area contributed by atoms with Crippen molar-refractivity contribution in [2.75, 3.05) is 7.11 Å². The Kier molecular flexibility index (Phi) is 5.18. The predicted octanol–water partition coefficient (Wildman–Crippen LogP) is 5.20. The van der Waals surface area contributed by atoms with Gasteiger partial charge in [0.05, 0.1) is 23.5 Å². The van der Waals surface area contributed by atoms with Crippen molar-refractivity contribution in [1.82, 2.24) is 4.57 Å². The Morgan fingerprint density at radius 3 is 2.59 bits per heavy atom. The van der Waals surface area contributed by atoms with Crippen LogP contribution in [0.4, 0.5) is 0 Å². The molecule has 0 radical (unpaired) electrons. The van der Waals surface area contributed by atoms with Gasteiger partial charge < -0.3 is 14.4 Å². The van der Waals surface area contributed by atoms with E-state index in [1.165, 1.54) is 7.11 Å². The largest absolute Gasteiger partial charge is 0.505 e. The van der Waals surface area contributed by atoms with Crippen molar-refractivity contribution >= 4 is 41.0 Å². The first-order valence-electron chi connectivity index (χ1n) is 8.18. The average Bonchev–Trinajstić information content (AvgIpc) is 3.05. The maximum absolute atomic E-state index is 11.8. The molecule has 0 spiro atoms. The number of methoxy groups -OCH3 is 1. The highest BCUT2D eigenvalue weighted by Crippen LogP contribution is 2.32. The molecular formula is C20H18Cl2N2O3. The predicted molar refractivity (Wildman–Crippen MR) is 108 cm³/mol. The smallest absolute Gasteiger partial charge is 0.343 e. The van der Waals surface area contributed by atoms with E-state index in [0.29, 0.717) is 21.5 Å². The van der Waals surface area contributed by atoms with Gasteiger partial charge in [-0.15, -0.1) is 0 Å². The van der Waals surface area contributed by atoms with E-state index in [1.54, 1.807) is 31.2 Å². The second-order valence-electron chi connectivity index (χ2n) is 6.20. The number of aliphatic imine (C=N–C) groups is 1. The van der Waals surface area contributed by atoms with E-state index in [-0.39, 0.29) is 11.3 Å². The SMILES string of the molecule is COC(=O)C1=C(O)C(=Cc2cc(C)n(-c3cc(Cl)ccc3Cl)c2C)N=C1C. The standard InChI is InChI=1S/C20H18Cl2N2O3/c1-10-7-13(8-16-19(25)18(11(2)23-16)20(26)27-4)12(3)24(10)17-9-14(21)5-6-15(17)22/h5-9,25H,1-4H3. The van der Waals surface area contributed by atoms with E-state index in [0.717, 1.165) is 22.6 Å². The minimum Gasteiger partial charge on any atom is -0.505 e. The molecule has 7 heteroatoms. The lowest BCUT2D eigenvalue weighted by Gasteiger charge is -2.12. The minimum absolute atomic E-state index is 0.0791. The van der Waals surface area contributed by atoms with Gasteiger partial charge in [-0.1, -0.05) is 23.2 Å². The van der Waals surface area contributed by atoms with Crippen LogP contribution in [0.3, 0.4) is 0 Å². The number of halogens is 2. The van der Waals surface area contributed by atoms with Crippen LogP contribution in [0.5, 0.6) is 0 Å². The van der Waals surface area contributed by atoms with Crippen LogP contribution in [-0.4, -0.2) is 28.5 Å². The fraction of sp³-hybridized carbons (Fsp3) is 0.200. The summed E-state index contributed by atoms with van der Waals surface area (Å²) < 4.78 is 6.69. The van der Waals surface area contributed by atoms with Crippen LogP contribution in [0.2, 0.25) is 10.0 Å². The molecule has 140 valence electrons. The number of hydrogen-bond donors (Lipinski definition) is 1. The van der Waals surface area contributed by atoms with Crippen LogP contribution < -0.4 is 0 Å². The lowest BCUT2D eigenvalue weighted by Crippen LogP contribution is -2.11. The van der Waals surface area contributed by atoms with E-state index in [1.807, 2.05) is 24.5 Å². The molecule has 1 N–H and O–H groups in total. The van der Waals surface area contributed by atoms with Crippen molar-refractivity contribution in [3.05, 3.63) is 68.3 Å². The van der Waals surface area contributed by atoms with Crippen LogP contribution in [0.1, 0.15) is 23.9 Å². The van der Waals surface area contributed by atoms with Crippen LogP contribution in [0.25, 0.3) is 11.8 Å². The third kappa shape index (κ3) is 3.40. The van der Waals surface area contributed by atoms with E-state index in [9.17, 15) is 9.90 Å². The minimum atomic E-state index is -0.617. The molecule has 1 aliphatic heterocycles. The Bertz CT molecular complexity index is 1050. The number of nitrogens with zero attached hydrogens (tertiary/aromatic N) is 2. The lowest BCUT2D eigenvalue weighted by atomic mass is 10.1. The van der Waals surface area contributed by atoms with Crippen molar-refractivity contribution in [2.45, 2.75) is 20.8 Å². The van der Waals surface area contributed by atoms with Gasteiger partial charge in [-0.25, -0.2) is 9.79 Å². The Morgan fingerprint density at radius 1 is 1.22 bits per heavy atom. The summed E-state index contributed by atoms with van der Waals surface area (Å²) in [6, 6.07) is 7.23. The maximum Gasteiger partial charge on any atom is 0.343 e. The highest BCUT2D eigenvalue weighted by atomic mass is 35.5. The summed E-state index contributed by atoms with van der Waals surface area (Å²) in [5.41, 5.74) is 4.26. The Balaban J connectivity index is 2.11. The number of hydrogen-bond acceptors (Lipinski definition) is 4. The zero-order chi connectivity index (χ0) is 19.9. The van der Waals surface area contributed by atoms with E-state index in [4.69, 9.17) is 27.9 Å². The van der Waals surface area contributed by atoms with Gasteiger partial charge in [-0.05, 0) is 56.7 Å². The van der Waals surface area contributed by atoms with Crippen molar-refractivity contribution in [3.63, 3.8) is 0 Å². The van der Waals surface area contributed by atoms with Crippen molar-refractivity contribution in [3.8, 4) is 5.69 Å². The Labute approximate surface area is 167 Å². The average molecular weight is 405 g/mol. The van der Waals surface area contributed by atoms with E-state index in [2.05, 4.69) is 4.99 Å².